The number of nitrogens with zero attached hydrogens (tertiary/aromatic N) is 2. The van der Waals surface area contributed by atoms with Gasteiger partial charge in [0.05, 0.1) is 24.0 Å². The molecule has 0 spiro atoms. The number of benzene rings is 1. The summed E-state index contributed by atoms with van der Waals surface area (Å²) in [6.45, 7) is 2.90. The number of methoxy groups -OCH3 is 1. The van der Waals surface area contributed by atoms with Gasteiger partial charge in [0.25, 0.3) is 0 Å². The molecule has 20 heavy (non-hydrogen) atoms. The van der Waals surface area contributed by atoms with Gasteiger partial charge in [0.2, 0.25) is 5.91 Å². The Morgan fingerprint density at radius 1 is 1.50 bits per heavy atom. The molecule has 2 aromatic rings. The predicted molar refractivity (Wildman–Crippen MR) is 79.1 cm³/mol. The second-order valence-electron chi connectivity index (χ2n) is 4.45. The van der Waals surface area contributed by atoms with Crippen LogP contribution in [0.3, 0.4) is 0 Å². The highest BCUT2D eigenvalue weighted by Crippen LogP contribution is 2.22. The van der Waals surface area contributed by atoms with Gasteiger partial charge in [-0.1, -0.05) is 6.92 Å². The molecule has 0 radical (unpaired) electrons. The first-order chi connectivity index (χ1) is 9.69. The number of amides is 1. The highest BCUT2D eigenvalue weighted by Gasteiger charge is 2.13. The SMILES string of the molecule is CCCNC(=O)Cn1c(CCl)nc2ccc(OC)cc21. The third-order valence-electron chi connectivity index (χ3n) is 3.03. The molecular weight excluding hydrogens is 278 g/mol. The van der Waals surface area contributed by atoms with E-state index < -0.39 is 0 Å². The molecule has 0 fully saturated rings. The fourth-order valence-electron chi connectivity index (χ4n) is 2.02. The Balaban J connectivity index is 2.35. The van der Waals surface area contributed by atoms with Gasteiger partial charge in [-0.25, -0.2) is 4.98 Å². The molecule has 0 atom stereocenters. The number of hydrogen-bond donors (Lipinski definition) is 1. The number of rotatable bonds is 6. The summed E-state index contributed by atoms with van der Waals surface area (Å²) in [5.74, 6) is 1.63. The number of alkyl halides is 1. The van der Waals surface area contributed by atoms with Crippen molar-refractivity contribution in [2.75, 3.05) is 13.7 Å². The van der Waals surface area contributed by atoms with E-state index in [-0.39, 0.29) is 18.3 Å². The fraction of sp³-hybridized carbons (Fsp3) is 0.429. The van der Waals surface area contributed by atoms with Gasteiger partial charge in [-0.15, -0.1) is 11.6 Å². The van der Waals surface area contributed by atoms with Crippen LogP contribution < -0.4 is 10.1 Å². The maximum atomic E-state index is 11.9. The van der Waals surface area contributed by atoms with Gasteiger partial charge in [-0.3, -0.25) is 4.79 Å². The van der Waals surface area contributed by atoms with Gasteiger partial charge in [-0.2, -0.15) is 0 Å². The van der Waals surface area contributed by atoms with E-state index in [9.17, 15) is 4.79 Å². The molecule has 0 aliphatic heterocycles. The van der Waals surface area contributed by atoms with Crippen molar-refractivity contribution < 1.29 is 9.53 Å². The van der Waals surface area contributed by atoms with Crippen molar-refractivity contribution in [1.82, 2.24) is 14.9 Å². The number of nitrogens with one attached hydrogen (secondary N) is 1. The zero-order chi connectivity index (χ0) is 14.5. The van der Waals surface area contributed by atoms with E-state index in [1.54, 1.807) is 7.11 Å². The van der Waals surface area contributed by atoms with Crippen LogP contribution in [0.15, 0.2) is 18.2 Å². The average Bonchev–Trinajstić information content (AvgIpc) is 2.82. The van der Waals surface area contributed by atoms with Gasteiger partial charge >= 0.3 is 0 Å². The van der Waals surface area contributed by atoms with Crippen LogP contribution in [0.4, 0.5) is 0 Å². The molecule has 0 bridgehead atoms. The number of fused-ring (bicyclic) bond motifs is 1. The number of halogens is 1. The summed E-state index contributed by atoms with van der Waals surface area (Å²) >= 11 is 5.92. The average molecular weight is 296 g/mol. The molecule has 108 valence electrons. The molecule has 1 aromatic heterocycles. The lowest BCUT2D eigenvalue weighted by Crippen LogP contribution is -2.28. The molecule has 6 heteroatoms. The molecule has 0 aliphatic rings. The third kappa shape index (κ3) is 3.04. The van der Waals surface area contributed by atoms with Gasteiger partial charge in [-0.05, 0) is 18.6 Å². The van der Waals surface area contributed by atoms with Crippen LogP contribution in [-0.2, 0) is 17.2 Å². The quantitative estimate of drug-likeness (QED) is 0.832. The molecule has 5 nitrogen and oxygen atoms in total. The van der Waals surface area contributed by atoms with Crippen molar-refractivity contribution in [3.05, 3.63) is 24.0 Å². The van der Waals surface area contributed by atoms with Crippen molar-refractivity contribution >= 4 is 28.5 Å². The summed E-state index contributed by atoms with van der Waals surface area (Å²) in [5, 5.41) is 2.85. The van der Waals surface area contributed by atoms with Crippen molar-refractivity contribution in [2.24, 2.45) is 0 Å². The fourth-order valence-corrected chi connectivity index (χ4v) is 2.23. The maximum Gasteiger partial charge on any atom is 0.240 e. The van der Waals surface area contributed by atoms with Gasteiger partial charge in [0.15, 0.2) is 0 Å². The minimum atomic E-state index is -0.0414. The molecule has 1 aromatic carbocycles. The Morgan fingerprint density at radius 3 is 2.95 bits per heavy atom. The predicted octanol–water partition coefficient (Wildman–Crippen LogP) is 2.31. The van der Waals surface area contributed by atoms with Gasteiger partial charge in [0, 0.05) is 12.6 Å². The van der Waals surface area contributed by atoms with Crippen LogP contribution in [0.2, 0.25) is 0 Å². The first kappa shape index (κ1) is 14.7. The van der Waals surface area contributed by atoms with E-state index in [4.69, 9.17) is 16.3 Å². The van der Waals surface area contributed by atoms with Crippen LogP contribution in [0.25, 0.3) is 11.0 Å². The van der Waals surface area contributed by atoms with E-state index in [1.807, 2.05) is 29.7 Å². The standard InChI is InChI=1S/C14H18ClN3O2/c1-3-6-16-14(19)9-18-12-7-10(20-2)4-5-11(12)17-13(18)8-15/h4-5,7H,3,6,8-9H2,1-2H3,(H,16,19). The van der Waals surface area contributed by atoms with E-state index in [0.717, 1.165) is 23.2 Å². The van der Waals surface area contributed by atoms with Gasteiger partial charge in [0.1, 0.15) is 18.1 Å². The smallest absolute Gasteiger partial charge is 0.240 e. The normalized spacial score (nSPS) is 10.8. The molecule has 0 unspecified atom stereocenters. The minimum absolute atomic E-state index is 0.0414. The van der Waals surface area contributed by atoms with Crippen molar-refractivity contribution in [3.8, 4) is 5.75 Å². The Labute approximate surface area is 122 Å². The second-order valence-corrected chi connectivity index (χ2v) is 4.72. The first-order valence-corrected chi connectivity index (χ1v) is 7.08. The molecule has 1 amide bonds. The lowest BCUT2D eigenvalue weighted by Gasteiger charge is -2.08. The van der Waals surface area contributed by atoms with Crippen LogP contribution in [0, 0.1) is 0 Å². The number of hydrogen-bond acceptors (Lipinski definition) is 3. The summed E-state index contributed by atoms with van der Waals surface area (Å²) in [6, 6.07) is 5.57. The van der Waals surface area contributed by atoms with E-state index >= 15 is 0 Å². The third-order valence-corrected chi connectivity index (χ3v) is 3.27. The Kier molecular flexibility index (Phi) is 4.84. The monoisotopic (exact) mass is 295 g/mol. The van der Waals surface area contributed by atoms with E-state index in [1.165, 1.54) is 0 Å². The molecule has 1 heterocycles. The molecule has 0 aliphatic carbocycles. The largest absolute Gasteiger partial charge is 0.497 e. The number of aromatic nitrogens is 2. The summed E-state index contributed by atoms with van der Waals surface area (Å²) in [6.07, 6.45) is 0.909. The zero-order valence-electron chi connectivity index (χ0n) is 11.6. The lowest BCUT2D eigenvalue weighted by molar-refractivity contribution is -0.121. The van der Waals surface area contributed by atoms with E-state index in [2.05, 4.69) is 10.3 Å². The molecule has 0 saturated heterocycles. The Hall–Kier alpha value is -1.75. The summed E-state index contributed by atoms with van der Waals surface area (Å²) in [7, 11) is 1.61. The maximum absolute atomic E-state index is 11.9. The molecule has 0 saturated carbocycles. The lowest BCUT2D eigenvalue weighted by atomic mass is 10.3. The number of ether oxygens (including phenoxy) is 1. The van der Waals surface area contributed by atoms with Crippen molar-refractivity contribution in [1.29, 1.82) is 0 Å². The number of carbonyl (C=O) groups excluding carboxylic acids is 1. The number of carbonyl (C=O) groups is 1. The second kappa shape index (κ2) is 6.61. The Bertz CT molecular complexity index is 610. The van der Waals surface area contributed by atoms with E-state index in [0.29, 0.717) is 12.4 Å². The van der Waals surface area contributed by atoms with Crippen LogP contribution in [0.1, 0.15) is 19.2 Å². The van der Waals surface area contributed by atoms with Crippen LogP contribution in [0.5, 0.6) is 5.75 Å². The molecular formula is C14H18ClN3O2. The van der Waals surface area contributed by atoms with Crippen LogP contribution in [-0.4, -0.2) is 29.1 Å². The summed E-state index contributed by atoms with van der Waals surface area (Å²) < 4.78 is 7.04. The Morgan fingerprint density at radius 2 is 2.30 bits per heavy atom. The van der Waals surface area contributed by atoms with Crippen LogP contribution >= 0.6 is 11.6 Å². The zero-order valence-corrected chi connectivity index (χ0v) is 12.4. The highest BCUT2D eigenvalue weighted by atomic mass is 35.5. The molecule has 1 N–H and O–H groups in total. The molecule has 2 rings (SSSR count). The van der Waals surface area contributed by atoms with Crippen molar-refractivity contribution in [3.63, 3.8) is 0 Å². The first-order valence-electron chi connectivity index (χ1n) is 6.55. The van der Waals surface area contributed by atoms with Crippen molar-refractivity contribution in [2.45, 2.75) is 25.8 Å². The summed E-state index contributed by atoms with van der Waals surface area (Å²) in [5.41, 5.74) is 1.66. The highest BCUT2D eigenvalue weighted by molar-refractivity contribution is 6.16. The summed E-state index contributed by atoms with van der Waals surface area (Å²) in [4.78, 5) is 16.3. The number of imidazole rings is 1. The minimum Gasteiger partial charge on any atom is -0.497 e. The topological polar surface area (TPSA) is 56.2 Å². The van der Waals surface area contributed by atoms with Gasteiger partial charge < -0.3 is 14.6 Å².